The second-order valence-electron chi connectivity index (χ2n) is 4.98. The Kier molecular flexibility index (Phi) is 4.00. The quantitative estimate of drug-likeness (QED) is 0.731. The van der Waals surface area contributed by atoms with Crippen molar-refractivity contribution in [3.63, 3.8) is 0 Å². The maximum atomic E-state index is 12.0. The van der Waals surface area contributed by atoms with E-state index < -0.39 is 10.0 Å². The molecule has 1 aromatic rings. The summed E-state index contributed by atoms with van der Waals surface area (Å²) in [5, 5.41) is 7.83. The van der Waals surface area contributed by atoms with Crippen LogP contribution in [0, 0.1) is 5.92 Å². The van der Waals surface area contributed by atoms with Crippen molar-refractivity contribution in [3.8, 4) is 0 Å². The summed E-state index contributed by atoms with van der Waals surface area (Å²) in [6.45, 7) is 0.972. The van der Waals surface area contributed by atoms with Crippen LogP contribution < -0.4 is 0 Å². The van der Waals surface area contributed by atoms with E-state index in [1.807, 2.05) is 0 Å². The summed E-state index contributed by atoms with van der Waals surface area (Å²) in [6.07, 6.45) is 4.65. The molecule has 7 nitrogen and oxygen atoms in total. The number of sulfonamides is 1. The predicted molar refractivity (Wildman–Crippen MR) is 69.1 cm³/mol. The number of hydrogen-bond donors (Lipinski definition) is 0. The average Bonchev–Trinajstić information content (AvgIpc) is 2.75. The Labute approximate surface area is 112 Å². The highest BCUT2D eigenvalue weighted by molar-refractivity contribution is 7.88. The molecule has 2 heterocycles. The van der Waals surface area contributed by atoms with Crippen molar-refractivity contribution in [2.75, 3.05) is 19.3 Å². The molecule has 1 saturated heterocycles. The lowest BCUT2D eigenvalue weighted by Gasteiger charge is -2.30. The van der Waals surface area contributed by atoms with Gasteiger partial charge in [0.15, 0.2) is 5.78 Å². The minimum Gasteiger partial charge on any atom is -0.292 e. The van der Waals surface area contributed by atoms with E-state index in [2.05, 4.69) is 10.2 Å². The normalized spacial score (nSPS) is 21.5. The number of Topliss-reactive ketones (excluding diaryl/α,β-unsaturated/α-hetero) is 1. The standard InChI is InChI=1S/C11H18N4O3S/c1-14-12-7-10(13-14)11(16)6-9-4-3-5-15(8-9)19(2,17)18/h7,9H,3-6,8H2,1-2H3. The molecule has 1 fully saturated rings. The van der Waals surface area contributed by atoms with Gasteiger partial charge >= 0.3 is 0 Å². The van der Waals surface area contributed by atoms with E-state index in [0.29, 0.717) is 25.2 Å². The summed E-state index contributed by atoms with van der Waals surface area (Å²) in [5.41, 5.74) is 0.346. The maximum absolute atomic E-state index is 12.0. The predicted octanol–water partition coefficient (Wildman–Crippen LogP) is 0.0595. The Morgan fingerprint density at radius 3 is 2.84 bits per heavy atom. The van der Waals surface area contributed by atoms with Crippen LogP contribution in [0.3, 0.4) is 0 Å². The van der Waals surface area contributed by atoms with Crippen LogP contribution in [0.1, 0.15) is 29.8 Å². The molecule has 0 bridgehead atoms. The zero-order valence-corrected chi connectivity index (χ0v) is 11.9. The van der Waals surface area contributed by atoms with Gasteiger partial charge in [-0.05, 0) is 18.8 Å². The first-order chi connectivity index (χ1) is 8.86. The molecule has 8 heteroatoms. The summed E-state index contributed by atoms with van der Waals surface area (Å²) in [7, 11) is -1.51. The molecule has 19 heavy (non-hydrogen) atoms. The number of carbonyl (C=O) groups is 1. The van der Waals surface area contributed by atoms with Crippen LogP contribution in [-0.4, -0.2) is 52.8 Å². The van der Waals surface area contributed by atoms with E-state index in [1.54, 1.807) is 7.05 Å². The molecular formula is C11H18N4O3S. The molecule has 1 aliphatic heterocycles. The van der Waals surface area contributed by atoms with E-state index in [4.69, 9.17) is 0 Å². The topological polar surface area (TPSA) is 85.2 Å². The first-order valence-corrected chi connectivity index (χ1v) is 8.06. The van der Waals surface area contributed by atoms with Crippen LogP contribution in [0.4, 0.5) is 0 Å². The van der Waals surface area contributed by atoms with Gasteiger partial charge in [-0.1, -0.05) is 0 Å². The van der Waals surface area contributed by atoms with Crippen LogP contribution in [-0.2, 0) is 17.1 Å². The van der Waals surface area contributed by atoms with Crippen molar-refractivity contribution in [2.24, 2.45) is 13.0 Å². The monoisotopic (exact) mass is 286 g/mol. The number of ketones is 1. The number of hydrogen-bond acceptors (Lipinski definition) is 5. The van der Waals surface area contributed by atoms with Gasteiger partial charge in [0.1, 0.15) is 5.69 Å². The largest absolute Gasteiger partial charge is 0.292 e. The first kappa shape index (κ1) is 14.1. The summed E-state index contributed by atoms with van der Waals surface area (Å²) < 4.78 is 24.5. The molecule has 2 rings (SSSR count). The first-order valence-electron chi connectivity index (χ1n) is 6.21. The zero-order chi connectivity index (χ0) is 14.0. The van der Waals surface area contributed by atoms with E-state index >= 15 is 0 Å². The fraction of sp³-hybridized carbons (Fsp3) is 0.727. The van der Waals surface area contributed by atoms with Gasteiger partial charge in [0.05, 0.1) is 12.5 Å². The van der Waals surface area contributed by atoms with Gasteiger partial charge in [-0.15, -0.1) is 0 Å². The van der Waals surface area contributed by atoms with E-state index in [-0.39, 0.29) is 11.7 Å². The molecule has 0 saturated carbocycles. The number of aryl methyl sites for hydroxylation is 1. The minimum absolute atomic E-state index is 0.0676. The minimum atomic E-state index is -3.17. The summed E-state index contributed by atoms with van der Waals surface area (Å²) in [5.74, 6) is -0.00793. The summed E-state index contributed by atoms with van der Waals surface area (Å²) >= 11 is 0. The van der Waals surface area contributed by atoms with Gasteiger partial charge in [0, 0.05) is 26.6 Å². The smallest absolute Gasteiger partial charge is 0.211 e. The second kappa shape index (κ2) is 5.38. The highest BCUT2D eigenvalue weighted by Gasteiger charge is 2.28. The Hall–Kier alpha value is -1.28. The molecule has 0 amide bonds. The fourth-order valence-electron chi connectivity index (χ4n) is 2.34. The molecule has 0 N–H and O–H groups in total. The molecule has 1 aliphatic rings. The SMILES string of the molecule is Cn1ncc(C(=O)CC2CCCN(S(C)(=O)=O)C2)n1. The van der Waals surface area contributed by atoms with E-state index in [9.17, 15) is 13.2 Å². The van der Waals surface area contributed by atoms with Crippen LogP contribution in [0.2, 0.25) is 0 Å². The third kappa shape index (κ3) is 3.60. The fourth-order valence-corrected chi connectivity index (χ4v) is 3.28. The van der Waals surface area contributed by atoms with Crippen molar-refractivity contribution in [3.05, 3.63) is 11.9 Å². The molecule has 0 aromatic carbocycles. The van der Waals surface area contributed by atoms with Crippen LogP contribution in [0.15, 0.2) is 6.20 Å². The van der Waals surface area contributed by atoms with Gasteiger partial charge in [-0.25, -0.2) is 12.7 Å². The van der Waals surface area contributed by atoms with E-state index in [1.165, 1.54) is 21.6 Å². The summed E-state index contributed by atoms with van der Waals surface area (Å²) in [6, 6.07) is 0. The van der Waals surface area contributed by atoms with Crippen molar-refractivity contribution in [1.82, 2.24) is 19.3 Å². The molecule has 0 aliphatic carbocycles. The highest BCUT2D eigenvalue weighted by atomic mass is 32.2. The number of nitrogens with zero attached hydrogens (tertiary/aromatic N) is 4. The lowest BCUT2D eigenvalue weighted by Crippen LogP contribution is -2.39. The van der Waals surface area contributed by atoms with Gasteiger partial charge in [-0.2, -0.15) is 15.0 Å². The molecule has 0 radical (unpaired) electrons. The van der Waals surface area contributed by atoms with Crippen molar-refractivity contribution in [2.45, 2.75) is 19.3 Å². The zero-order valence-electron chi connectivity index (χ0n) is 11.1. The molecule has 0 spiro atoms. The van der Waals surface area contributed by atoms with Crippen molar-refractivity contribution in [1.29, 1.82) is 0 Å². The van der Waals surface area contributed by atoms with Gasteiger partial charge in [-0.3, -0.25) is 4.79 Å². The molecular weight excluding hydrogens is 268 g/mol. The van der Waals surface area contributed by atoms with Gasteiger partial charge < -0.3 is 0 Å². The number of rotatable bonds is 4. The van der Waals surface area contributed by atoms with Crippen LogP contribution >= 0.6 is 0 Å². The number of piperidine rings is 1. The lowest BCUT2D eigenvalue weighted by molar-refractivity contribution is 0.0936. The molecule has 106 valence electrons. The third-order valence-corrected chi connectivity index (χ3v) is 4.58. The Morgan fingerprint density at radius 2 is 2.26 bits per heavy atom. The third-order valence-electron chi connectivity index (χ3n) is 3.31. The maximum Gasteiger partial charge on any atom is 0.211 e. The van der Waals surface area contributed by atoms with Crippen LogP contribution in [0.25, 0.3) is 0 Å². The Morgan fingerprint density at radius 1 is 1.53 bits per heavy atom. The van der Waals surface area contributed by atoms with Crippen LogP contribution in [0.5, 0.6) is 0 Å². The molecule has 1 atom stereocenters. The van der Waals surface area contributed by atoms with Crippen molar-refractivity contribution < 1.29 is 13.2 Å². The molecule has 1 aromatic heterocycles. The summed E-state index contributed by atoms with van der Waals surface area (Å²) in [4.78, 5) is 13.3. The van der Waals surface area contributed by atoms with Crippen molar-refractivity contribution >= 4 is 15.8 Å². The lowest BCUT2D eigenvalue weighted by atomic mass is 9.93. The highest BCUT2D eigenvalue weighted by Crippen LogP contribution is 2.22. The average molecular weight is 286 g/mol. The number of aromatic nitrogens is 3. The molecule has 1 unspecified atom stereocenters. The van der Waals surface area contributed by atoms with Gasteiger partial charge in [0.2, 0.25) is 10.0 Å². The second-order valence-corrected chi connectivity index (χ2v) is 6.96. The Balaban J connectivity index is 1.98. The Bertz CT molecular complexity index is 566. The number of carbonyl (C=O) groups excluding carboxylic acids is 1. The van der Waals surface area contributed by atoms with Gasteiger partial charge in [0.25, 0.3) is 0 Å². The van der Waals surface area contributed by atoms with E-state index in [0.717, 1.165) is 12.8 Å².